The van der Waals surface area contributed by atoms with Crippen LogP contribution in [0.3, 0.4) is 0 Å². The molecule has 44 heavy (non-hydrogen) atoms. The molecule has 3 aliphatic rings. The van der Waals surface area contributed by atoms with Crippen LogP contribution in [0.2, 0.25) is 0 Å². The van der Waals surface area contributed by atoms with Crippen molar-refractivity contribution in [2.24, 2.45) is 5.92 Å². The molecule has 8 heteroatoms. The minimum atomic E-state index is -1.43. The Kier molecular flexibility index (Phi) is 6.50. The minimum Gasteiger partial charge on any atom is -0.497 e. The van der Waals surface area contributed by atoms with Crippen molar-refractivity contribution in [3.63, 3.8) is 0 Å². The van der Waals surface area contributed by atoms with Crippen LogP contribution in [0.4, 0.5) is 5.69 Å². The summed E-state index contributed by atoms with van der Waals surface area (Å²) in [6.45, 7) is 0. The van der Waals surface area contributed by atoms with Crippen molar-refractivity contribution in [3.8, 4) is 17.2 Å². The second-order valence-electron chi connectivity index (χ2n) is 11.1. The third kappa shape index (κ3) is 3.80. The molecule has 1 spiro atoms. The zero-order chi connectivity index (χ0) is 30.6. The summed E-state index contributed by atoms with van der Waals surface area (Å²) < 4.78 is 16.4. The molecule has 1 fully saturated rings. The molecule has 1 saturated heterocycles. The molecule has 0 unspecified atom stereocenters. The summed E-state index contributed by atoms with van der Waals surface area (Å²) in [6.07, 6.45) is 3.79. The van der Waals surface area contributed by atoms with Crippen LogP contribution in [0, 0.1) is 5.92 Å². The number of benzene rings is 4. The first-order chi connectivity index (χ1) is 21.4. The smallest absolute Gasteiger partial charge is 0.238 e. The van der Waals surface area contributed by atoms with Gasteiger partial charge in [-0.3, -0.25) is 14.4 Å². The van der Waals surface area contributed by atoms with E-state index in [4.69, 9.17) is 14.2 Å². The number of hydrogen-bond acceptors (Lipinski definition) is 7. The number of ketones is 2. The third-order valence-corrected chi connectivity index (χ3v) is 9.14. The van der Waals surface area contributed by atoms with Gasteiger partial charge in [0.25, 0.3) is 0 Å². The third-order valence-electron chi connectivity index (χ3n) is 9.14. The lowest BCUT2D eigenvalue weighted by atomic mass is 9.62. The fraction of sp³-hybridized carbons (Fsp3) is 0.194. The van der Waals surface area contributed by atoms with E-state index in [0.717, 1.165) is 11.1 Å². The minimum absolute atomic E-state index is 0.286. The molecule has 4 aromatic carbocycles. The van der Waals surface area contributed by atoms with Gasteiger partial charge in [-0.1, -0.05) is 54.6 Å². The molecule has 0 saturated carbocycles. The van der Waals surface area contributed by atoms with Gasteiger partial charge in [-0.25, -0.2) is 0 Å². The molecular formula is C36H30N2O6. The van der Waals surface area contributed by atoms with E-state index in [1.807, 2.05) is 65.7 Å². The van der Waals surface area contributed by atoms with Crippen LogP contribution in [0.15, 0.2) is 97.2 Å². The van der Waals surface area contributed by atoms with Crippen molar-refractivity contribution >= 4 is 29.2 Å². The van der Waals surface area contributed by atoms with Gasteiger partial charge in [0.1, 0.15) is 17.2 Å². The first-order valence-electron chi connectivity index (χ1n) is 14.3. The lowest BCUT2D eigenvalue weighted by Gasteiger charge is -2.38. The van der Waals surface area contributed by atoms with Crippen LogP contribution in [0.25, 0.3) is 6.08 Å². The first kappa shape index (κ1) is 27.5. The molecule has 3 heterocycles. The Morgan fingerprint density at radius 1 is 0.773 bits per heavy atom. The molecule has 4 aromatic rings. The SMILES string of the molecule is COc1cccc(C(=O)[C@H]2[C@@H](C(=O)c3ccc(OC)c(OC)c3)[C@]3(C(=O)Nc4ccccc43)[C@H]3c4ccccc4C=CN23)c1. The van der Waals surface area contributed by atoms with Gasteiger partial charge in [0.15, 0.2) is 23.1 Å². The Bertz CT molecular complexity index is 1870. The number of methoxy groups -OCH3 is 3. The van der Waals surface area contributed by atoms with Crippen molar-refractivity contribution in [1.82, 2.24) is 4.90 Å². The van der Waals surface area contributed by atoms with Crippen LogP contribution in [-0.2, 0) is 10.2 Å². The van der Waals surface area contributed by atoms with E-state index in [1.54, 1.807) is 42.5 Å². The largest absolute Gasteiger partial charge is 0.497 e. The normalized spacial score (nSPS) is 22.6. The molecule has 0 bridgehead atoms. The average Bonchev–Trinajstić information content (AvgIpc) is 3.55. The maximum atomic E-state index is 15.1. The molecule has 1 amide bonds. The number of carbonyl (C=O) groups excluding carboxylic acids is 3. The van der Waals surface area contributed by atoms with E-state index < -0.39 is 23.4 Å². The molecule has 0 aliphatic carbocycles. The summed E-state index contributed by atoms with van der Waals surface area (Å²) in [4.78, 5) is 46.3. The quantitative estimate of drug-likeness (QED) is 0.278. The van der Waals surface area contributed by atoms with E-state index >= 15 is 4.79 Å². The zero-order valence-electron chi connectivity index (χ0n) is 24.4. The molecule has 8 nitrogen and oxygen atoms in total. The fourth-order valence-electron chi connectivity index (χ4n) is 7.28. The summed E-state index contributed by atoms with van der Waals surface area (Å²) in [5.41, 5.74) is 2.37. The fourth-order valence-corrected chi connectivity index (χ4v) is 7.28. The molecule has 4 atom stereocenters. The van der Waals surface area contributed by atoms with Crippen molar-refractivity contribution in [2.45, 2.75) is 17.5 Å². The Morgan fingerprint density at radius 3 is 2.32 bits per heavy atom. The number of hydrogen-bond donors (Lipinski definition) is 1. The number of Topliss-reactive ketones (excluding diaryl/α,β-unsaturated/α-hetero) is 2. The van der Waals surface area contributed by atoms with Crippen molar-refractivity contribution < 1.29 is 28.6 Å². The Morgan fingerprint density at radius 2 is 1.52 bits per heavy atom. The van der Waals surface area contributed by atoms with Crippen LogP contribution in [0.5, 0.6) is 17.2 Å². The van der Waals surface area contributed by atoms with Crippen molar-refractivity contribution in [3.05, 3.63) is 125 Å². The predicted molar refractivity (Wildman–Crippen MR) is 165 cm³/mol. The van der Waals surface area contributed by atoms with E-state index in [1.165, 1.54) is 21.3 Å². The molecule has 0 radical (unpaired) electrons. The number of para-hydroxylation sites is 1. The molecule has 1 N–H and O–H groups in total. The molecule has 3 aliphatic heterocycles. The van der Waals surface area contributed by atoms with Gasteiger partial charge >= 0.3 is 0 Å². The first-order valence-corrected chi connectivity index (χ1v) is 14.3. The summed E-state index contributed by atoms with van der Waals surface area (Å²) in [7, 11) is 4.56. The predicted octanol–water partition coefficient (Wildman–Crippen LogP) is 5.69. The van der Waals surface area contributed by atoms with Gasteiger partial charge < -0.3 is 24.4 Å². The second kappa shape index (κ2) is 10.4. The van der Waals surface area contributed by atoms with Crippen LogP contribution in [0.1, 0.15) is 43.4 Å². The Hall–Kier alpha value is -5.37. The number of amides is 1. The van der Waals surface area contributed by atoms with Crippen molar-refractivity contribution in [1.29, 1.82) is 0 Å². The highest BCUT2D eigenvalue weighted by atomic mass is 16.5. The lowest BCUT2D eigenvalue weighted by molar-refractivity contribution is -0.122. The highest BCUT2D eigenvalue weighted by molar-refractivity contribution is 6.16. The van der Waals surface area contributed by atoms with Gasteiger partial charge in [0, 0.05) is 23.0 Å². The second-order valence-corrected chi connectivity index (χ2v) is 11.1. The number of ether oxygens (including phenoxy) is 3. The average molecular weight is 587 g/mol. The molecular weight excluding hydrogens is 556 g/mol. The maximum Gasteiger partial charge on any atom is 0.238 e. The van der Waals surface area contributed by atoms with Gasteiger partial charge in [0.2, 0.25) is 5.91 Å². The summed E-state index contributed by atoms with van der Waals surface area (Å²) in [5, 5.41) is 3.07. The molecule has 0 aromatic heterocycles. The van der Waals surface area contributed by atoms with E-state index in [-0.39, 0.29) is 17.5 Å². The number of fused-ring (bicyclic) bond motifs is 6. The van der Waals surface area contributed by atoms with Crippen LogP contribution in [-0.4, -0.2) is 49.7 Å². The standard InChI is InChI=1S/C36H30N2O6/c1-42-24-11-8-10-22(19-24)33(40)31-30(32(39)23-15-16-28(43-2)29(20-23)44-3)36(26-13-6-7-14-27(26)37-35(36)41)34-25-12-5-4-9-21(25)17-18-38(31)34/h4-20,30-31,34H,1-3H3,(H,37,41)/t30-,31+,34+,36-/m0/s1. The van der Waals surface area contributed by atoms with E-state index in [9.17, 15) is 9.59 Å². The number of carbonyl (C=O) groups is 3. The van der Waals surface area contributed by atoms with E-state index in [2.05, 4.69) is 5.32 Å². The lowest BCUT2D eigenvalue weighted by Crippen LogP contribution is -2.49. The number of anilines is 1. The maximum absolute atomic E-state index is 15.1. The summed E-state index contributed by atoms with van der Waals surface area (Å²) in [6, 6.07) is 25.4. The van der Waals surface area contributed by atoms with Crippen LogP contribution >= 0.6 is 0 Å². The molecule has 7 rings (SSSR count). The van der Waals surface area contributed by atoms with Gasteiger partial charge in [0.05, 0.1) is 33.3 Å². The van der Waals surface area contributed by atoms with Crippen LogP contribution < -0.4 is 19.5 Å². The number of rotatable bonds is 7. The number of nitrogens with zero attached hydrogens (tertiary/aromatic N) is 1. The Balaban J connectivity index is 1.52. The topological polar surface area (TPSA) is 94.2 Å². The zero-order valence-corrected chi connectivity index (χ0v) is 24.4. The number of nitrogens with one attached hydrogen (secondary N) is 1. The monoisotopic (exact) mass is 586 g/mol. The highest BCUT2D eigenvalue weighted by Gasteiger charge is 2.70. The van der Waals surface area contributed by atoms with Crippen molar-refractivity contribution in [2.75, 3.05) is 26.6 Å². The summed E-state index contributed by atoms with van der Waals surface area (Å²) in [5.74, 6) is -0.702. The Labute approximate surface area is 254 Å². The van der Waals surface area contributed by atoms with Gasteiger partial charge in [-0.15, -0.1) is 0 Å². The molecule has 220 valence electrons. The van der Waals surface area contributed by atoms with E-state index in [0.29, 0.717) is 39.6 Å². The van der Waals surface area contributed by atoms with Gasteiger partial charge in [-0.05, 0) is 59.2 Å². The van der Waals surface area contributed by atoms with Gasteiger partial charge in [-0.2, -0.15) is 0 Å². The highest BCUT2D eigenvalue weighted by Crippen LogP contribution is 2.62. The summed E-state index contributed by atoms with van der Waals surface area (Å²) >= 11 is 0.